The third kappa shape index (κ3) is 3.01. The van der Waals surface area contributed by atoms with E-state index in [9.17, 15) is 13.5 Å². The second-order valence-corrected chi connectivity index (χ2v) is 7.72. The van der Waals surface area contributed by atoms with Crippen LogP contribution in [0, 0.1) is 13.8 Å². The molecule has 120 valence electrons. The summed E-state index contributed by atoms with van der Waals surface area (Å²) in [5, 5.41) is 9.43. The Kier molecular flexibility index (Phi) is 4.77. The standard InChI is InChI=1S/C14H24N2O4S/c1-10-13(9-17)14(11(2)20-10)21(18,19)16(4)8-12-6-5-7-15(12)3/h12,17H,5-9H2,1-4H3. The number of rotatable bonds is 5. The summed E-state index contributed by atoms with van der Waals surface area (Å²) in [7, 11) is -0.0435. The lowest BCUT2D eigenvalue weighted by molar-refractivity contribution is 0.268. The van der Waals surface area contributed by atoms with Gasteiger partial charge in [-0.2, -0.15) is 4.31 Å². The van der Waals surface area contributed by atoms with Crippen molar-refractivity contribution in [3.8, 4) is 0 Å². The van der Waals surface area contributed by atoms with Crippen LogP contribution < -0.4 is 0 Å². The van der Waals surface area contributed by atoms with E-state index < -0.39 is 10.0 Å². The van der Waals surface area contributed by atoms with Gasteiger partial charge in [0.1, 0.15) is 16.4 Å². The van der Waals surface area contributed by atoms with Gasteiger partial charge >= 0.3 is 0 Å². The van der Waals surface area contributed by atoms with Crippen LogP contribution >= 0.6 is 0 Å². The van der Waals surface area contributed by atoms with Crippen molar-refractivity contribution in [2.45, 2.75) is 44.2 Å². The van der Waals surface area contributed by atoms with Gasteiger partial charge in [-0.3, -0.25) is 0 Å². The minimum Gasteiger partial charge on any atom is -0.465 e. The van der Waals surface area contributed by atoms with Crippen LogP contribution in [0.3, 0.4) is 0 Å². The number of hydrogen-bond donors (Lipinski definition) is 1. The second-order valence-electron chi connectivity index (χ2n) is 5.74. The van der Waals surface area contributed by atoms with Gasteiger partial charge in [0.25, 0.3) is 0 Å². The molecule has 1 aliphatic rings. The lowest BCUT2D eigenvalue weighted by Gasteiger charge is -2.25. The van der Waals surface area contributed by atoms with Gasteiger partial charge in [0, 0.05) is 25.2 Å². The summed E-state index contributed by atoms with van der Waals surface area (Å²) in [6, 6.07) is 0.246. The van der Waals surface area contributed by atoms with Crippen molar-refractivity contribution in [1.82, 2.24) is 9.21 Å². The summed E-state index contributed by atoms with van der Waals surface area (Å²) < 4.78 is 32.3. The van der Waals surface area contributed by atoms with Gasteiger partial charge in [0.15, 0.2) is 0 Å². The summed E-state index contributed by atoms with van der Waals surface area (Å²) in [6.45, 7) is 4.41. The zero-order chi connectivity index (χ0) is 15.8. The fourth-order valence-corrected chi connectivity index (χ4v) is 4.60. The maximum absolute atomic E-state index is 12.8. The van der Waals surface area contributed by atoms with E-state index in [1.165, 1.54) is 4.31 Å². The molecule has 1 aliphatic heterocycles. The predicted octanol–water partition coefficient (Wildman–Crippen LogP) is 1.10. The number of aliphatic hydroxyl groups excluding tert-OH is 1. The topological polar surface area (TPSA) is 74.0 Å². The van der Waals surface area contributed by atoms with E-state index in [0.29, 0.717) is 23.6 Å². The summed E-state index contributed by atoms with van der Waals surface area (Å²) in [4.78, 5) is 2.30. The highest BCUT2D eigenvalue weighted by atomic mass is 32.2. The van der Waals surface area contributed by atoms with Crippen molar-refractivity contribution in [2.75, 3.05) is 27.2 Å². The first-order valence-corrected chi connectivity index (χ1v) is 8.59. The third-order valence-electron chi connectivity index (χ3n) is 4.29. The molecule has 0 aliphatic carbocycles. The molecule has 7 heteroatoms. The van der Waals surface area contributed by atoms with Gasteiger partial charge in [-0.25, -0.2) is 8.42 Å². The average Bonchev–Trinajstić information content (AvgIpc) is 2.92. The van der Waals surface area contributed by atoms with Crippen molar-refractivity contribution in [2.24, 2.45) is 0 Å². The number of nitrogens with zero attached hydrogens (tertiary/aromatic N) is 2. The smallest absolute Gasteiger partial charge is 0.246 e. The first-order valence-electron chi connectivity index (χ1n) is 7.15. The second kappa shape index (κ2) is 6.08. The highest BCUT2D eigenvalue weighted by molar-refractivity contribution is 7.89. The van der Waals surface area contributed by atoms with Crippen molar-refractivity contribution < 1.29 is 17.9 Å². The Morgan fingerprint density at radius 1 is 1.38 bits per heavy atom. The Balaban J connectivity index is 2.29. The number of aliphatic hydroxyl groups is 1. The molecule has 1 saturated heterocycles. The number of likely N-dealkylation sites (N-methyl/N-ethyl adjacent to an activating group) is 2. The quantitative estimate of drug-likeness (QED) is 0.880. The van der Waals surface area contributed by atoms with Gasteiger partial charge in [-0.15, -0.1) is 0 Å². The zero-order valence-electron chi connectivity index (χ0n) is 13.1. The van der Waals surface area contributed by atoms with E-state index in [0.717, 1.165) is 19.4 Å². The van der Waals surface area contributed by atoms with Crippen molar-refractivity contribution in [1.29, 1.82) is 0 Å². The van der Waals surface area contributed by atoms with Crippen LogP contribution in [-0.2, 0) is 16.6 Å². The summed E-state index contributed by atoms with van der Waals surface area (Å²) in [5.41, 5.74) is 0.360. The fraction of sp³-hybridized carbons (Fsp3) is 0.714. The molecule has 0 bridgehead atoms. The van der Waals surface area contributed by atoms with Gasteiger partial charge in [0.05, 0.1) is 6.61 Å². The van der Waals surface area contributed by atoms with E-state index in [1.807, 2.05) is 7.05 Å². The molecule has 0 amide bonds. The summed E-state index contributed by atoms with van der Waals surface area (Å²) in [5.74, 6) is 0.795. The van der Waals surface area contributed by atoms with Crippen molar-refractivity contribution >= 4 is 10.0 Å². The molecule has 1 N–H and O–H groups in total. The van der Waals surface area contributed by atoms with E-state index in [-0.39, 0.29) is 17.5 Å². The Morgan fingerprint density at radius 3 is 2.57 bits per heavy atom. The molecule has 6 nitrogen and oxygen atoms in total. The molecule has 2 heterocycles. The number of hydrogen-bond acceptors (Lipinski definition) is 5. The molecule has 1 aromatic heterocycles. The SMILES string of the molecule is Cc1oc(C)c(S(=O)(=O)N(C)CC2CCCN2C)c1CO. The molecule has 0 aromatic carbocycles. The molecule has 1 unspecified atom stereocenters. The molecule has 21 heavy (non-hydrogen) atoms. The first kappa shape index (κ1) is 16.5. The summed E-state index contributed by atoms with van der Waals surface area (Å²) >= 11 is 0. The number of sulfonamides is 1. The largest absolute Gasteiger partial charge is 0.465 e. The van der Waals surface area contributed by atoms with Crippen LogP contribution in [-0.4, -0.2) is 56.0 Å². The summed E-state index contributed by atoms with van der Waals surface area (Å²) in [6.07, 6.45) is 2.10. The highest BCUT2D eigenvalue weighted by Gasteiger charge is 2.33. The van der Waals surface area contributed by atoms with Gasteiger partial charge in [-0.05, 0) is 40.3 Å². The van der Waals surface area contributed by atoms with Gasteiger partial charge in [0.2, 0.25) is 10.0 Å². The Morgan fingerprint density at radius 2 is 2.05 bits per heavy atom. The molecular weight excluding hydrogens is 292 g/mol. The Hall–Kier alpha value is -0.890. The third-order valence-corrected chi connectivity index (χ3v) is 6.31. The van der Waals surface area contributed by atoms with E-state index in [1.54, 1.807) is 20.9 Å². The Bertz CT molecular complexity index is 609. The van der Waals surface area contributed by atoms with E-state index in [4.69, 9.17) is 4.42 Å². The van der Waals surface area contributed by atoms with Crippen LogP contribution in [0.4, 0.5) is 0 Å². The van der Waals surface area contributed by atoms with E-state index in [2.05, 4.69) is 4.90 Å². The van der Waals surface area contributed by atoms with Crippen LogP contribution in [0.15, 0.2) is 9.31 Å². The van der Waals surface area contributed by atoms with Crippen molar-refractivity contribution in [3.05, 3.63) is 17.1 Å². The molecule has 1 aromatic rings. The lowest BCUT2D eigenvalue weighted by Crippen LogP contribution is -2.39. The monoisotopic (exact) mass is 316 g/mol. The van der Waals surface area contributed by atoms with Crippen LogP contribution in [0.25, 0.3) is 0 Å². The fourth-order valence-electron chi connectivity index (χ4n) is 2.99. The van der Waals surface area contributed by atoms with Crippen molar-refractivity contribution in [3.63, 3.8) is 0 Å². The minimum absolute atomic E-state index is 0.116. The molecule has 0 radical (unpaired) electrons. The average molecular weight is 316 g/mol. The maximum Gasteiger partial charge on any atom is 0.246 e. The van der Waals surface area contributed by atoms with Crippen LogP contribution in [0.1, 0.15) is 29.9 Å². The van der Waals surface area contributed by atoms with Crippen LogP contribution in [0.5, 0.6) is 0 Å². The Labute approximate surface area is 126 Å². The van der Waals surface area contributed by atoms with Gasteiger partial charge < -0.3 is 14.4 Å². The molecule has 1 atom stereocenters. The number of furan rings is 1. The molecule has 1 fully saturated rings. The van der Waals surface area contributed by atoms with Gasteiger partial charge in [-0.1, -0.05) is 0 Å². The minimum atomic E-state index is -3.65. The highest BCUT2D eigenvalue weighted by Crippen LogP contribution is 2.29. The molecule has 0 spiro atoms. The zero-order valence-corrected chi connectivity index (χ0v) is 13.9. The molecule has 2 rings (SSSR count). The predicted molar refractivity (Wildman–Crippen MR) is 79.6 cm³/mol. The molecule has 0 saturated carbocycles. The maximum atomic E-state index is 12.8. The molecular formula is C14H24N2O4S. The van der Waals surface area contributed by atoms with Crippen LogP contribution in [0.2, 0.25) is 0 Å². The first-order chi connectivity index (χ1) is 9.78. The normalized spacial score (nSPS) is 20.6. The number of aryl methyl sites for hydroxylation is 2. The number of likely N-dealkylation sites (tertiary alicyclic amines) is 1. The lowest BCUT2D eigenvalue weighted by atomic mass is 10.2. The van der Waals surface area contributed by atoms with E-state index >= 15 is 0 Å².